The van der Waals surface area contributed by atoms with Crippen LogP contribution in [0, 0.1) is 11.3 Å². The largest absolute Gasteiger partial charge is 0.435 e. The third-order valence-corrected chi connectivity index (χ3v) is 1.94. The van der Waals surface area contributed by atoms with Crippen LogP contribution < -0.4 is 4.74 Å². The molecule has 0 saturated carbocycles. The first-order chi connectivity index (χ1) is 6.13. The molecule has 13 heavy (non-hydrogen) atoms. The first-order valence-electron chi connectivity index (χ1n) is 3.28. The van der Waals surface area contributed by atoms with Gasteiger partial charge in [-0.15, -0.1) is 0 Å². The molecule has 0 radical (unpaired) electrons. The van der Waals surface area contributed by atoms with Gasteiger partial charge in [0.1, 0.15) is 11.8 Å². The van der Waals surface area contributed by atoms with Crippen molar-refractivity contribution in [2.24, 2.45) is 0 Å². The number of nitriles is 1. The molecule has 0 bridgehead atoms. The summed E-state index contributed by atoms with van der Waals surface area (Å²) in [5, 5.41) is 8.52. The highest BCUT2D eigenvalue weighted by atomic mass is 79.9. The van der Waals surface area contributed by atoms with E-state index in [0.717, 1.165) is 0 Å². The Hall–Kier alpha value is -1.15. The Balaban J connectivity index is 2.91. The van der Waals surface area contributed by atoms with Crippen LogP contribution in [-0.4, -0.2) is 6.61 Å². The number of benzene rings is 1. The SMILES string of the molecule is N#Cc1ccc(OC(F)F)cc1Br. The fraction of sp³-hybridized carbons (Fsp3) is 0.125. The average Bonchev–Trinajstić information content (AvgIpc) is 2.03. The van der Waals surface area contributed by atoms with Crippen LogP contribution in [0.25, 0.3) is 0 Å². The van der Waals surface area contributed by atoms with Crippen LogP contribution in [0.5, 0.6) is 5.75 Å². The minimum Gasteiger partial charge on any atom is -0.435 e. The minimum atomic E-state index is -2.85. The lowest BCUT2D eigenvalue weighted by molar-refractivity contribution is -0.0498. The highest BCUT2D eigenvalue weighted by Crippen LogP contribution is 2.23. The summed E-state index contributed by atoms with van der Waals surface area (Å²) in [4.78, 5) is 0. The molecule has 0 heterocycles. The lowest BCUT2D eigenvalue weighted by Crippen LogP contribution is -2.01. The van der Waals surface area contributed by atoms with Crippen LogP contribution in [0.1, 0.15) is 5.56 Å². The molecule has 0 N–H and O–H groups in total. The zero-order valence-corrected chi connectivity index (χ0v) is 7.88. The molecule has 0 aliphatic heterocycles. The summed E-state index contributed by atoms with van der Waals surface area (Å²) in [6.45, 7) is -2.85. The molecule has 68 valence electrons. The van der Waals surface area contributed by atoms with Crippen molar-refractivity contribution in [3.8, 4) is 11.8 Å². The number of halogens is 3. The van der Waals surface area contributed by atoms with Crippen molar-refractivity contribution in [2.45, 2.75) is 6.61 Å². The minimum absolute atomic E-state index is 0.0286. The number of hydrogen-bond acceptors (Lipinski definition) is 2. The molecule has 2 nitrogen and oxygen atoms in total. The van der Waals surface area contributed by atoms with Crippen LogP contribution in [0.4, 0.5) is 8.78 Å². The zero-order chi connectivity index (χ0) is 9.84. The van der Waals surface area contributed by atoms with Crippen molar-refractivity contribution in [3.63, 3.8) is 0 Å². The van der Waals surface area contributed by atoms with Crippen molar-refractivity contribution in [1.82, 2.24) is 0 Å². The quantitative estimate of drug-likeness (QED) is 0.806. The maximum Gasteiger partial charge on any atom is 0.387 e. The maximum absolute atomic E-state index is 11.7. The number of rotatable bonds is 2. The van der Waals surface area contributed by atoms with Gasteiger partial charge in [0.15, 0.2) is 0 Å². The van der Waals surface area contributed by atoms with Gasteiger partial charge in [-0.25, -0.2) is 0 Å². The molecule has 1 aromatic carbocycles. The molecule has 0 fully saturated rings. The first kappa shape index (κ1) is 9.93. The first-order valence-corrected chi connectivity index (χ1v) is 4.07. The number of hydrogen-bond donors (Lipinski definition) is 0. The van der Waals surface area contributed by atoms with Crippen LogP contribution in [0.3, 0.4) is 0 Å². The van der Waals surface area contributed by atoms with E-state index in [1.807, 2.05) is 6.07 Å². The molecule has 1 aromatic rings. The summed E-state index contributed by atoms with van der Waals surface area (Å²) < 4.78 is 28.0. The highest BCUT2D eigenvalue weighted by molar-refractivity contribution is 9.10. The van der Waals surface area contributed by atoms with Gasteiger partial charge in [0, 0.05) is 4.47 Å². The fourth-order valence-electron chi connectivity index (χ4n) is 0.763. The average molecular weight is 248 g/mol. The summed E-state index contributed by atoms with van der Waals surface area (Å²) in [7, 11) is 0. The second-order valence-electron chi connectivity index (χ2n) is 2.13. The lowest BCUT2D eigenvalue weighted by atomic mass is 10.2. The molecule has 0 aliphatic rings. The van der Waals surface area contributed by atoms with E-state index in [2.05, 4.69) is 20.7 Å². The molecule has 0 spiro atoms. The van der Waals surface area contributed by atoms with E-state index in [-0.39, 0.29) is 5.75 Å². The Morgan fingerprint density at radius 1 is 1.46 bits per heavy atom. The fourth-order valence-corrected chi connectivity index (χ4v) is 1.21. The van der Waals surface area contributed by atoms with Gasteiger partial charge in [0.05, 0.1) is 5.56 Å². The summed E-state index contributed by atoms with van der Waals surface area (Å²) in [5.74, 6) is 0.0286. The Morgan fingerprint density at radius 3 is 2.62 bits per heavy atom. The molecule has 0 amide bonds. The number of ether oxygens (including phenoxy) is 1. The van der Waals surface area contributed by atoms with Crippen molar-refractivity contribution < 1.29 is 13.5 Å². The molecule has 5 heteroatoms. The van der Waals surface area contributed by atoms with E-state index in [9.17, 15) is 8.78 Å². The van der Waals surface area contributed by atoms with Crippen LogP contribution >= 0.6 is 15.9 Å². The van der Waals surface area contributed by atoms with E-state index in [4.69, 9.17) is 5.26 Å². The van der Waals surface area contributed by atoms with Gasteiger partial charge in [-0.1, -0.05) is 0 Å². The Kier molecular flexibility index (Phi) is 3.20. The van der Waals surface area contributed by atoms with Crippen LogP contribution in [0.15, 0.2) is 22.7 Å². The molecule has 1 rings (SSSR count). The topological polar surface area (TPSA) is 33.0 Å². The van der Waals surface area contributed by atoms with E-state index >= 15 is 0 Å². The monoisotopic (exact) mass is 247 g/mol. The van der Waals surface area contributed by atoms with Crippen molar-refractivity contribution in [1.29, 1.82) is 5.26 Å². The van der Waals surface area contributed by atoms with Gasteiger partial charge in [0.2, 0.25) is 0 Å². The normalized spacial score (nSPS) is 9.77. The van der Waals surface area contributed by atoms with Gasteiger partial charge >= 0.3 is 6.61 Å². The van der Waals surface area contributed by atoms with Crippen LogP contribution in [0.2, 0.25) is 0 Å². The van der Waals surface area contributed by atoms with Crippen molar-refractivity contribution in [3.05, 3.63) is 28.2 Å². The maximum atomic E-state index is 11.7. The lowest BCUT2D eigenvalue weighted by Gasteiger charge is -2.04. The summed E-state index contributed by atoms with van der Waals surface area (Å²) in [6, 6.07) is 5.93. The van der Waals surface area contributed by atoms with E-state index in [1.165, 1.54) is 18.2 Å². The third-order valence-electron chi connectivity index (χ3n) is 1.29. The predicted octanol–water partition coefficient (Wildman–Crippen LogP) is 2.92. The van der Waals surface area contributed by atoms with E-state index in [0.29, 0.717) is 10.0 Å². The molecule has 0 saturated heterocycles. The second kappa shape index (κ2) is 4.19. The second-order valence-corrected chi connectivity index (χ2v) is 2.99. The summed E-state index contributed by atoms with van der Waals surface area (Å²) >= 11 is 3.05. The Labute approximate surface area is 81.9 Å². The Morgan fingerprint density at radius 2 is 2.15 bits per heavy atom. The standard InChI is InChI=1S/C8H4BrF2NO/c9-7-3-6(13-8(10)11)2-1-5(7)4-12/h1-3,8H. The molecule has 0 aliphatic carbocycles. The molecule has 0 aromatic heterocycles. The smallest absolute Gasteiger partial charge is 0.387 e. The molecule has 0 atom stereocenters. The Bertz CT molecular complexity index is 348. The predicted molar refractivity (Wildman–Crippen MR) is 45.5 cm³/mol. The number of nitrogens with zero attached hydrogens (tertiary/aromatic N) is 1. The highest BCUT2D eigenvalue weighted by Gasteiger charge is 2.06. The van der Waals surface area contributed by atoms with E-state index in [1.54, 1.807) is 0 Å². The van der Waals surface area contributed by atoms with Crippen molar-refractivity contribution in [2.75, 3.05) is 0 Å². The summed E-state index contributed by atoms with van der Waals surface area (Å²) in [5.41, 5.74) is 0.376. The zero-order valence-electron chi connectivity index (χ0n) is 6.30. The van der Waals surface area contributed by atoms with Crippen LogP contribution in [-0.2, 0) is 0 Å². The molecular weight excluding hydrogens is 244 g/mol. The van der Waals surface area contributed by atoms with Gasteiger partial charge in [0.25, 0.3) is 0 Å². The third kappa shape index (κ3) is 2.67. The molecular formula is C8H4BrF2NO. The number of alkyl halides is 2. The van der Waals surface area contributed by atoms with Gasteiger partial charge < -0.3 is 4.74 Å². The van der Waals surface area contributed by atoms with Crippen molar-refractivity contribution >= 4 is 15.9 Å². The van der Waals surface area contributed by atoms with Gasteiger partial charge in [-0.05, 0) is 34.1 Å². The van der Waals surface area contributed by atoms with E-state index < -0.39 is 6.61 Å². The summed E-state index contributed by atoms with van der Waals surface area (Å²) in [6.07, 6.45) is 0. The molecule has 0 unspecified atom stereocenters. The van der Waals surface area contributed by atoms with Gasteiger partial charge in [-0.2, -0.15) is 14.0 Å². The van der Waals surface area contributed by atoms with Gasteiger partial charge in [-0.3, -0.25) is 0 Å².